The molecule has 5 rings (SSSR count). The Morgan fingerprint density at radius 1 is 1.42 bits per heavy atom. The van der Waals surface area contributed by atoms with Crippen LogP contribution >= 0.6 is 23.3 Å². The number of fused-ring (bicyclic) bond motifs is 2. The molecular weight excluding hydrogens is 432 g/mol. The van der Waals surface area contributed by atoms with Gasteiger partial charge in [0.05, 0.1) is 11.3 Å². The minimum atomic E-state index is -0.0990. The van der Waals surface area contributed by atoms with Crippen LogP contribution in [0.2, 0.25) is 0 Å². The predicted octanol–water partition coefficient (Wildman–Crippen LogP) is 3.39. The Balaban J connectivity index is 1.26. The predicted molar refractivity (Wildman–Crippen MR) is 121 cm³/mol. The van der Waals surface area contributed by atoms with Crippen molar-refractivity contribution in [2.24, 2.45) is 11.8 Å². The van der Waals surface area contributed by atoms with Gasteiger partial charge in [0.2, 0.25) is 10.3 Å². The number of thioether (sulfide) groups is 1. The summed E-state index contributed by atoms with van der Waals surface area (Å²) in [6, 6.07) is 4.51. The maximum absolute atomic E-state index is 12.7. The lowest BCUT2D eigenvalue weighted by Gasteiger charge is -2.29. The maximum Gasteiger partial charge on any atom is 0.323 e. The minimum absolute atomic E-state index is 0.0990. The summed E-state index contributed by atoms with van der Waals surface area (Å²) in [5.74, 6) is 0.923. The Bertz CT molecular complexity index is 1150. The monoisotopic (exact) mass is 454 g/mol. The summed E-state index contributed by atoms with van der Waals surface area (Å²) < 4.78 is 4.19. The highest BCUT2D eigenvalue weighted by Gasteiger charge is 2.44. The van der Waals surface area contributed by atoms with Crippen molar-refractivity contribution in [3.8, 4) is 6.07 Å². The van der Waals surface area contributed by atoms with Crippen LogP contribution in [0.3, 0.4) is 0 Å². The van der Waals surface area contributed by atoms with Crippen LogP contribution in [0.4, 0.5) is 15.6 Å². The molecule has 31 heavy (non-hydrogen) atoms. The molecule has 2 aliphatic rings. The van der Waals surface area contributed by atoms with Gasteiger partial charge in [-0.2, -0.15) is 14.6 Å². The van der Waals surface area contributed by atoms with Crippen molar-refractivity contribution >= 4 is 51.2 Å². The summed E-state index contributed by atoms with van der Waals surface area (Å²) in [6.45, 7) is 1.49. The molecule has 1 unspecified atom stereocenters. The van der Waals surface area contributed by atoms with Crippen LogP contribution in [0, 0.1) is 23.2 Å². The molecule has 9 nitrogen and oxygen atoms in total. The number of likely N-dealkylation sites (tertiary alicyclic amines) is 1. The highest BCUT2D eigenvalue weighted by atomic mass is 32.2. The number of hydrogen-bond acceptors (Lipinski definition) is 8. The van der Waals surface area contributed by atoms with Crippen LogP contribution in [0.5, 0.6) is 0 Å². The zero-order valence-corrected chi connectivity index (χ0v) is 18.8. The molecule has 2 amide bonds. The number of nitriles is 1. The zero-order valence-electron chi connectivity index (χ0n) is 17.2. The third-order valence-corrected chi connectivity index (χ3v) is 7.69. The first-order valence-corrected chi connectivity index (χ1v) is 12.1. The van der Waals surface area contributed by atoms with Crippen molar-refractivity contribution < 1.29 is 4.79 Å². The van der Waals surface area contributed by atoms with Gasteiger partial charge in [-0.25, -0.2) is 9.78 Å². The molecule has 2 N–H and O–H groups in total. The summed E-state index contributed by atoms with van der Waals surface area (Å²) in [5, 5.41) is 14.7. The van der Waals surface area contributed by atoms with Crippen LogP contribution in [0.15, 0.2) is 23.6 Å². The summed E-state index contributed by atoms with van der Waals surface area (Å²) in [5.41, 5.74) is 2.33. The van der Waals surface area contributed by atoms with E-state index in [0.29, 0.717) is 33.7 Å². The molecule has 0 spiro atoms. The van der Waals surface area contributed by atoms with Crippen molar-refractivity contribution in [2.75, 3.05) is 36.6 Å². The minimum Gasteiger partial charge on any atom is -0.370 e. The topological polar surface area (TPSA) is 114 Å². The second kappa shape index (κ2) is 8.01. The average molecular weight is 455 g/mol. The van der Waals surface area contributed by atoms with E-state index in [1.807, 2.05) is 23.4 Å². The Morgan fingerprint density at radius 2 is 2.19 bits per heavy atom. The fourth-order valence-electron chi connectivity index (χ4n) is 4.90. The molecule has 4 heterocycles. The number of nitrogens with one attached hydrogen (secondary N) is 2. The van der Waals surface area contributed by atoms with Crippen molar-refractivity contribution in [3.63, 3.8) is 0 Å². The summed E-state index contributed by atoms with van der Waals surface area (Å²) >= 11 is 2.67. The molecule has 0 bridgehead atoms. The summed E-state index contributed by atoms with van der Waals surface area (Å²) in [6.07, 6.45) is 7.41. The van der Waals surface area contributed by atoms with Gasteiger partial charge >= 0.3 is 6.03 Å². The van der Waals surface area contributed by atoms with Gasteiger partial charge in [0.15, 0.2) is 0 Å². The van der Waals surface area contributed by atoms with Gasteiger partial charge in [-0.1, -0.05) is 11.8 Å². The number of carbonyl (C=O) groups excluding carboxylic acids is 1. The molecule has 11 heteroatoms. The van der Waals surface area contributed by atoms with Crippen molar-refractivity contribution in [3.05, 3.63) is 24.0 Å². The van der Waals surface area contributed by atoms with Crippen LogP contribution in [0.25, 0.3) is 11.0 Å². The zero-order chi connectivity index (χ0) is 21.5. The lowest BCUT2D eigenvalue weighted by atomic mass is 10.0. The lowest BCUT2D eigenvalue weighted by molar-refractivity contribution is 0.218. The van der Waals surface area contributed by atoms with E-state index in [1.54, 1.807) is 6.20 Å². The van der Waals surface area contributed by atoms with Crippen LogP contribution < -0.4 is 10.2 Å². The molecule has 3 atom stereocenters. The smallest absolute Gasteiger partial charge is 0.323 e. The van der Waals surface area contributed by atoms with Crippen molar-refractivity contribution in [1.82, 2.24) is 24.2 Å². The second-order valence-electron chi connectivity index (χ2n) is 8.05. The highest BCUT2D eigenvalue weighted by Crippen LogP contribution is 2.42. The Morgan fingerprint density at radius 3 is 2.87 bits per heavy atom. The Labute approximate surface area is 188 Å². The molecule has 160 valence electrons. The van der Waals surface area contributed by atoms with E-state index in [4.69, 9.17) is 0 Å². The molecule has 3 aromatic heterocycles. The number of H-pyrrole nitrogens is 1. The molecule has 1 saturated carbocycles. The summed E-state index contributed by atoms with van der Waals surface area (Å²) in [7, 11) is 2.07. The van der Waals surface area contributed by atoms with E-state index < -0.39 is 0 Å². The fourth-order valence-corrected chi connectivity index (χ4v) is 6.02. The Hall–Kier alpha value is -2.84. The highest BCUT2D eigenvalue weighted by molar-refractivity contribution is 7.98. The number of aromatic nitrogens is 4. The maximum atomic E-state index is 12.7. The fraction of sp³-hybridized carbons (Fsp3) is 0.450. The average Bonchev–Trinajstić information content (AvgIpc) is 3.54. The summed E-state index contributed by atoms with van der Waals surface area (Å²) in [4.78, 5) is 28.6. The van der Waals surface area contributed by atoms with Crippen molar-refractivity contribution in [2.45, 2.75) is 24.0 Å². The van der Waals surface area contributed by atoms with E-state index in [1.165, 1.54) is 23.3 Å². The van der Waals surface area contributed by atoms with Gasteiger partial charge in [-0.3, -0.25) is 5.32 Å². The standard InChI is InChI=1S/C20H22N8OS2/c1-27(16-13(7-21)8-23-17-15(16)3-4-22-17)14-5-11-9-28(10-12(11)6-14)20(29)25-18-24-19(30-2)26-31-18/h3-4,8,11-12,14H,5-6,9-10H2,1-2H3,(H,22,23)(H,24,25,26,29)/t11-,12+,14?. The second-order valence-corrected chi connectivity index (χ2v) is 9.58. The van der Waals surface area contributed by atoms with E-state index in [2.05, 4.69) is 42.7 Å². The van der Waals surface area contributed by atoms with E-state index in [-0.39, 0.29) is 6.03 Å². The van der Waals surface area contributed by atoms with Gasteiger partial charge in [0, 0.05) is 55.5 Å². The quantitative estimate of drug-likeness (QED) is 0.581. The van der Waals surface area contributed by atoms with Crippen LogP contribution in [-0.2, 0) is 0 Å². The number of nitrogens with zero attached hydrogens (tertiary/aromatic N) is 6. The van der Waals surface area contributed by atoms with Gasteiger partial charge in [0.25, 0.3) is 0 Å². The van der Waals surface area contributed by atoms with Crippen molar-refractivity contribution in [1.29, 1.82) is 5.26 Å². The number of anilines is 2. The number of hydrogen-bond donors (Lipinski definition) is 2. The number of amides is 2. The molecule has 3 aromatic rings. The third-order valence-electron chi connectivity index (χ3n) is 6.40. The molecule has 2 fully saturated rings. The first-order valence-electron chi connectivity index (χ1n) is 10.1. The number of rotatable bonds is 4. The number of pyridine rings is 1. The lowest BCUT2D eigenvalue weighted by Crippen LogP contribution is -2.36. The first-order chi connectivity index (χ1) is 15.1. The van der Waals surface area contributed by atoms with Gasteiger partial charge in [-0.15, -0.1) is 0 Å². The number of carbonyl (C=O) groups is 1. The first kappa shape index (κ1) is 20.1. The largest absolute Gasteiger partial charge is 0.370 e. The molecule has 0 aromatic carbocycles. The van der Waals surface area contributed by atoms with Gasteiger partial charge in [0.1, 0.15) is 11.7 Å². The number of aromatic amines is 1. The molecular formula is C20H22N8OS2. The molecule has 1 saturated heterocycles. The molecule has 1 aliphatic heterocycles. The van der Waals surface area contributed by atoms with E-state index >= 15 is 0 Å². The normalized spacial score (nSPS) is 22.5. The Kier molecular flexibility index (Phi) is 5.19. The number of urea groups is 1. The van der Waals surface area contributed by atoms with Crippen LogP contribution in [-0.4, -0.2) is 62.7 Å². The van der Waals surface area contributed by atoms with E-state index in [9.17, 15) is 10.1 Å². The SMILES string of the molecule is CSc1nsc(NC(=O)N2C[C@H]3CC(N(C)c4c(C#N)cnc5[nH]ccc45)C[C@H]3C2)n1. The molecule has 1 aliphatic carbocycles. The third kappa shape index (κ3) is 3.59. The molecule has 0 radical (unpaired) electrons. The van der Waals surface area contributed by atoms with Crippen LogP contribution in [0.1, 0.15) is 18.4 Å². The van der Waals surface area contributed by atoms with E-state index in [0.717, 1.165) is 42.7 Å². The van der Waals surface area contributed by atoms with Gasteiger partial charge < -0.3 is 14.8 Å². The van der Waals surface area contributed by atoms with Gasteiger partial charge in [-0.05, 0) is 37.0 Å².